The molecule has 2 heterocycles. The Kier molecular flexibility index (Phi) is 7.73. The number of hydrogen-bond acceptors (Lipinski definition) is 6. The molecule has 0 radical (unpaired) electrons. The van der Waals surface area contributed by atoms with Gasteiger partial charge in [-0.15, -0.1) is 0 Å². The first kappa shape index (κ1) is 24.0. The lowest BCUT2D eigenvalue weighted by Crippen LogP contribution is -2.74. The Morgan fingerprint density at radius 2 is 2.12 bits per heavy atom. The maximum absolute atomic E-state index is 13.5. The molecule has 3 amide bonds. The molecule has 32 heavy (non-hydrogen) atoms. The molecule has 0 bridgehead atoms. The van der Waals surface area contributed by atoms with Crippen LogP contribution in [0.5, 0.6) is 5.75 Å². The first-order chi connectivity index (χ1) is 15.2. The number of piperazine rings is 1. The van der Waals surface area contributed by atoms with Gasteiger partial charge in [0.15, 0.2) is 11.8 Å². The molecule has 1 aromatic carbocycles. The predicted octanol–water partition coefficient (Wildman–Crippen LogP) is 1.90. The number of methoxy groups -OCH3 is 1. The maximum Gasteiger partial charge on any atom is 0.282 e. The number of benzene rings is 1. The topological polar surface area (TPSA) is 106 Å². The van der Waals surface area contributed by atoms with Crippen molar-refractivity contribution in [1.29, 1.82) is 0 Å². The normalized spacial score (nSPS) is 26.1. The van der Waals surface area contributed by atoms with Gasteiger partial charge in [0.25, 0.3) is 11.8 Å². The van der Waals surface area contributed by atoms with Crippen molar-refractivity contribution in [2.45, 2.75) is 70.9 Å². The molecule has 0 saturated carbocycles. The van der Waals surface area contributed by atoms with E-state index in [1.807, 2.05) is 26.0 Å². The number of nitrogens with one attached hydrogen (secondary N) is 2. The van der Waals surface area contributed by atoms with Crippen LogP contribution in [0.15, 0.2) is 24.3 Å². The third-order valence-electron chi connectivity index (χ3n) is 5.69. The lowest BCUT2D eigenvalue weighted by molar-refractivity contribution is -0.295. The minimum Gasteiger partial charge on any atom is -0.497 e. The molecule has 0 aliphatic carbocycles. The van der Waals surface area contributed by atoms with Crippen LogP contribution in [-0.2, 0) is 30.5 Å². The Hall–Kier alpha value is -2.65. The summed E-state index contributed by atoms with van der Waals surface area (Å²) in [6, 6.07) is 6.41. The number of hydroxylamine groups is 2. The maximum atomic E-state index is 13.5. The summed E-state index contributed by atoms with van der Waals surface area (Å²) in [6.45, 7) is 6.03. The molecule has 176 valence electrons. The zero-order valence-corrected chi connectivity index (χ0v) is 19.2. The van der Waals surface area contributed by atoms with Gasteiger partial charge in [-0.3, -0.25) is 14.4 Å². The highest BCUT2D eigenvalue weighted by atomic mass is 16.8. The third kappa shape index (κ3) is 5.39. The summed E-state index contributed by atoms with van der Waals surface area (Å²) in [5, 5.41) is 6.45. The Bertz CT molecular complexity index is 839. The van der Waals surface area contributed by atoms with E-state index in [0.717, 1.165) is 23.5 Å². The average Bonchev–Trinajstić information content (AvgIpc) is 2.78. The number of amides is 3. The number of nitrogens with zero attached hydrogens (tertiary/aromatic N) is 1. The number of ether oxygens (including phenoxy) is 2. The summed E-state index contributed by atoms with van der Waals surface area (Å²) >= 11 is 0. The van der Waals surface area contributed by atoms with Crippen molar-refractivity contribution >= 4 is 17.7 Å². The smallest absolute Gasteiger partial charge is 0.282 e. The molecule has 2 aliphatic rings. The minimum absolute atomic E-state index is 0.142. The standard InChI is InChI=1S/C23H33N3O6/c1-15(2)12-18-20(27)25-23(3,22(29)26(18)32-19-10-5-6-11-31-19)21(28)24-14-16-8-7-9-17(13-16)30-4/h7-9,13,15,18-19H,5-6,10-12,14H2,1-4H3,(H,24,28)(H,25,27). The van der Waals surface area contributed by atoms with Crippen molar-refractivity contribution in [3.63, 3.8) is 0 Å². The fraction of sp³-hybridized carbons (Fsp3) is 0.609. The van der Waals surface area contributed by atoms with Gasteiger partial charge >= 0.3 is 0 Å². The van der Waals surface area contributed by atoms with Crippen LogP contribution in [0.3, 0.4) is 0 Å². The molecule has 2 aliphatic heterocycles. The van der Waals surface area contributed by atoms with Crippen molar-refractivity contribution in [1.82, 2.24) is 15.7 Å². The van der Waals surface area contributed by atoms with Crippen molar-refractivity contribution < 1.29 is 28.7 Å². The molecule has 2 fully saturated rings. The van der Waals surface area contributed by atoms with E-state index in [-0.39, 0.29) is 12.5 Å². The minimum atomic E-state index is -1.79. The van der Waals surface area contributed by atoms with Gasteiger partial charge in [0, 0.05) is 19.6 Å². The largest absolute Gasteiger partial charge is 0.497 e. The molecule has 3 atom stereocenters. The number of carbonyl (C=O) groups excluding carboxylic acids is 3. The molecule has 2 saturated heterocycles. The first-order valence-electron chi connectivity index (χ1n) is 11.1. The fourth-order valence-corrected chi connectivity index (χ4v) is 3.84. The van der Waals surface area contributed by atoms with Gasteiger partial charge in [-0.2, -0.15) is 0 Å². The lowest BCUT2D eigenvalue weighted by Gasteiger charge is -2.44. The number of carbonyl (C=O) groups is 3. The Morgan fingerprint density at radius 3 is 2.78 bits per heavy atom. The van der Waals surface area contributed by atoms with Crippen LogP contribution in [-0.4, -0.2) is 54.4 Å². The van der Waals surface area contributed by atoms with E-state index in [9.17, 15) is 14.4 Å². The van der Waals surface area contributed by atoms with Crippen LogP contribution in [0.25, 0.3) is 0 Å². The zero-order chi connectivity index (χ0) is 23.3. The molecule has 9 nitrogen and oxygen atoms in total. The van der Waals surface area contributed by atoms with E-state index in [1.54, 1.807) is 19.2 Å². The molecule has 0 aromatic heterocycles. The van der Waals surface area contributed by atoms with Crippen LogP contribution in [0.4, 0.5) is 0 Å². The van der Waals surface area contributed by atoms with Gasteiger partial charge in [-0.25, -0.2) is 9.90 Å². The SMILES string of the molecule is COc1cccc(CNC(=O)C2(C)NC(=O)C(CC(C)C)N(OC3CCCCO3)C2=O)c1. The van der Waals surface area contributed by atoms with Gasteiger partial charge < -0.3 is 20.1 Å². The summed E-state index contributed by atoms with van der Waals surface area (Å²) in [5.74, 6) is -0.843. The van der Waals surface area contributed by atoms with E-state index in [4.69, 9.17) is 14.3 Å². The second-order valence-corrected chi connectivity index (χ2v) is 8.83. The van der Waals surface area contributed by atoms with Crippen LogP contribution in [0.1, 0.15) is 52.0 Å². The number of hydrogen-bond donors (Lipinski definition) is 2. The van der Waals surface area contributed by atoms with E-state index in [2.05, 4.69) is 10.6 Å². The Balaban J connectivity index is 1.77. The van der Waals surface area contributed by atoms with E-state index in [0.29, 0.717) is 25.2 Å². The first-order valence-corrected chi connectivity index (χ1v) is 11.1. The average molecular weight is 448 g/mol. The molecule has 9 heteroatoms. The van der Waals surface area contributed by atoms with Gasteiger partial charge in [0.05, 0.1) is 7.11 Å². The quantitative estimate of drug-likeness (QED) is 0.590. The summed E-state index contributed by atoms with van der Waals surface area (Å²) in [5.41, 5.74) is -0.991. The van der Waals surface area contributed by atoms with Gasteiger partial charge in [-0.05, 0) is 49.8 Å². The highest BCUT2D eigenvalue weighted by Gasteiger charge is 2.54. The molecule has 3 unspecified atom stereocenters. The number of rotatable bonds is 8. The molecular weight excluding hydrogens is 414 g/mol. The zero-order valence-electron chi connectivity index (χ0n) is 19.2. The third-order valence-corrected chi connectivity index (χ3v) is 5.69. The monoisotopic (exact) mass is 447 g/mol. The summed E-state index contributed by atoms with van der Waals surface area (Å²) < 4.78 is 10.8. The molecule has 0 spiro atoms. The van der Waals surface area contributed by atoms with Crippen LogP contribution < -0.4 is 15.4 Å². The summed E-state index contributed by atoms with van der Waals surface area (Å²) in [7, 11) is 1.56. The van der Waals surface area contributed by atoms with Crippen LogP contribution >= 0.6 is 0 Å². The summed E-state index contributed by atoms with van der Waals surface area (Å²) in [6.07, 6.45) is 2.25. The fourth-order valence-electron chi connectivity index (χ4n) is 3.84. The predicted molar refractivity (Wildman–Crippen MR) is 116 cm³/mol. The van der Waals surface area contributed by atoms with Crippen molar-refractivity contribution in [2.24, 2.45) is 5.92 Å². The highest BCUT2D eigenvalue weighted by molar-refractivity contribution is 6.14. The molecule has 3 rings (SSSR count). The Morgan fingerprint density at radius 1 is 1.34 bits per heavy atom. The molecule has 2 N–H and O–H groups in total. The van der Waals surface area contributed by atoms with E-state index >= 15 is 0 Å². The molecule has 1 aromatic rings. The van der Waals surface area contributed by atoms with Crippen LogP contribution in [0.2, 0.25) is 0 Å². The van der Waals surface area contributed by atoms with Gasteiger partial charge in [0.2, 0.25) is 5.91 Å². The van der Waals surface area contributed by atoms with E-state index < -0.39 is 35.6 Å². The van der Waals surface area contributed by atoms with Gasteiger partial charge in [0.1, 0.15) is 11.8 Å². The summed E-state index contributed by atoms with van der Waals surface area (Å²) in [4.78, 5) is 45.4. The van der Waals surface area contributed by atoms with E-state index in [1.165, 1.54) is 6.92 Å². The highest BCUT2D eigenvalue weighted by Crippen LogP contribution is 2.26. The Labute approximate surface area is 188 Å². The lowest BCUT2D eigenvalue weighted by atomic mass is 9.91. The van der Waals surface area contributed by atoms with Crippen molar-refractivity contribution in [2.75, 3.05) is 13.7 Å². The van der Waals surface area contributed by atoms with Gasteiger partial charge in [-0.1, -0.05) is 26.0 Å². The second kappa shape index (κ2) is 10.3. The second-order valence-electron chi connectivity index (χ2n) is 8.83. The van der Waals surface area contributed by atoms with Crippen LogP contribution in [0, 0.1) is 5.92 Å². The molecular formula is C23H33N3O6. The van der Waals surface area contributed by atoms with Crippen molar-refractivity contribution in [3.8, 4) is 5.75 Å². The van der Waals surface area contributed by atoms with Crippen molar-refractivity contribution in [3.05, 3.63) is 29.8 Å².